The Morgan fingerprint density at radius 2 is 0.912 bits per heavy atom. The predicted molar refractivity (Wildman–Crippen MR) is 238 cm³/mol. The minimum absolute atomic E-state index is 0.0517. The molecule has 0 aliphatic heterocycles. The highest BCUT2D eigenvalue weighted by Crippen LogP contribution is 2.43. The number of hydrogen-bond acceptors (Lipinski definition) is 8. The number of unbranched alkanes of at least 4 members (excludes halogenated alkanes) is 25. The van der Waals surface area contributed by atoms with E-state index in [9.17, 15) is 19.0 Å². The fraction of sp³-hybridized carbons (Fsp3) is 0.830. The number of allylic oxidation sites excluding steroid dienone is 6. The van der Waals surface area contributed by atoms with Crippen LogP contribution in [0.2, 0.25) is 0 Å². The van der Waals surface area contributed by atoms with Crippen molar-refractivity contribution in [2.45, 2.75) is 225 Å². The monoisotopic (exact) mass is 826 g/mol. The Labute approximate surface area is 350 Å². The molecule has 2 unspecified atom stereocenters. The first kappa shape index (κ1) is 55.2. The number of phosphoric ester groups is 1. The van der Waals surface area contributed by atoms with Crippen LogP contribution in [0.1, 0.15) is 219 Å². The molecule has 0 aromatic heterocycles. The number of esters is 2. The topological polar surface area (TPSA) is 134 Å². The lowest BCUT2D eigenvalue weighted by atomic mass is 10.1. The van der Waals surface area contributed by atoms with Gasteiger partial charge in [0, 0.05) is 19.4 Å². The van der Waals surface area contributed by atoms with E-state index < -0.39 is 26.5 Å². The van der Waals surface area contributed by atoms with Crippen LogP contribution in [-0.4, -0.2) is 49.3 Å². The summed E-state index contributed by atoms with van der Waals surface area (Å²) >= 11 is 0. The first-order valence-corrected chi connectivity index (χ1v) is 25.0. The Hall–Kier alpha value is -1.77. The summed E-state index contributed by atoms with van der Waals surface area (Å²) in [5, 5.41) is 0. The molecule has 0 aliphatic rings. The lowest BCUT2D eigenvalue weighted by molar-refractivity contribution is -0.161. The van der Waals surface area contributed by atoms with Crippen molar-refractivity contribution in [1.82, 2.24) is 0 Å². The molecule has 0 radical (unpaired) electrons. The second-order valence-electron chi connectivity index (χ2n) is 15.6. The second kappa shape index (κ2) is 43.8. The van der Waals surface area contributed by atoms with Crippen LogP contribution in [-0.2, 0) is 32.7 Å². The number of carbonyl (C=O) groups is 2. The van der Waals surface area contributed by atoms with E-state index in [0.717, 1.165) is 51.4 Å². The van der Waals surface area contributed by atoms with E-state index in [1.54, 1.807) is 0 Å². The molecule has 0 fully saturated rings. The number of ether oxygens (including phenoxy) is 2. The van der Waals surface area contributed by atoms with E-state index in [4.69, 9.17) is 24.3 Å². The summed E-state index contributed by atoms with van der Waals surface area (Å²) in [6.07, 6.45) is 48.8. The van der Waals surface area contributed by atoms with Crippen molar-refractivity contribution in [2.24, 2.45) is 5.73 Å². The maximum absolute atomic E-state index is 12.6. The summed E-state index contributed by atoms with van der Waals surface area (Å²) in [5.74, 6) is -0.835. The molecule has 0 aliphatic carbocycles. The normalized spacial score (nSPS) is 13.5. The summed E-state index contributed by atoms with van der Waals surface area (Å²) in [4.78, 5) is 34.9. The minimum atomic E-state index is -4.38. The maximum atomic E-state index is 12.6. The van der Waals surface area contributed by atoms with Crippen LogP contribution in [0.15, 0.2) is 36.5 Å². The highest BCUT2D eigenvalue weighted by atomic mass is 31.2. The van der Waals surface area contributed by atoms with Crippen molar-refractivity contribution in [3.63, 3.8) is 0 Å². The Kier molecular flexibility index (Phi) is 42.4. The molecule has 9 nitrogen and oxygen atoms in total. The lowest BCUT2D eigenvalue weighted by Crippen LogP contribution is -2.29. The van der Waals surface area contributed by atoms with Gasteiger partial charge >= 0.3 is 19.8 Å². The molecule has 0 spiro atoms. The van der Waals surface area contributed by atoms with Gasteiger partial charge in [0.25, 0.3) is 0 Å². The van der Waals surface area contributed by atoms with E-state index in [2.05, 4.69) is 50.3 Å². The molecule has 0 rings (SSSR count). The highest BCUT2D eigenvalue weighted by Gasteiger charge is 2.26. The quantitative estimate of drug-likeness (QED) is 0.0266. The molecule has 2 atom stereocenters. The Balaban J connectivity index is 4.10. The van der Waals surface area contributed by atoms with Crippen LogP contribution in [0.25, 0.3) is 0 Å². The van der Waals surface area contributed by atoms with Crippen molar-refractivity contribution in [1.29, 1.82) is 0 Å². The average molecular weight is 826 g/mol. The Morgan fingerprint density at radius 3 is 1.39 bits per heavy atom. The Bertz CT molecular complexity index is 1030. The molecular weight excluding hydrogens is 737 g/mol. The zero-order valence-electron chi connectivity index (χ0n) is 36.8. The fourth-order valence-corrected chi connectivity index (χ4v) is 7.25. The molecule has 0 heterocycles. The van der Waals surface area contributed by atoms with Crippen molar-refractivity contribution < 1.29 is 37.6 Å². The standard InChI is InChI=1S/C47H88NO8P/c1-3-5-7-9-11-13-15-17-19-21-22-24-25-27-29-31-33-35-37-39-46(49)53-43-45(44-55-57(51,52)54-42-41-48)56-47(50)40-38-36-34-32-30-28-26-23-20-18-16-14-12-10-8-6-4-2/h12,14,17-20,45H,3-11,13,15-16,21-44,48H2,1-2H3,(H,51,52). The zero-order valence-corrected chi connectivity index (χ0v) is 37.7. The predicted octanol–water partition coefficient (Wildman–Crippen LogP) is 13.7. The van der Waals surface area contributed by atoms with Crippen LogP contribution in [0, 0.1) is 0 Å². The fourth-order valence-electron chi connectivity index (χ4n) is 6.48. The van der Waals surface area contributed by atoms with Crippen LogP contribution in [0.4, 0.5) is 0 Å². The molecule has 0 saturated carbocycles. The summed E-state index contributed by atoms with van der Waals surface area (Å²) in [6.45, 7) is 3.71. The first-order chi connectivity index (χ1) is 27.8. The third kappa shape index (κ3) is 43.6. The molecule has 3 N–H and O–H groups in total. The summed E-state index contributed by atoms with van der Waals surface area (Å²) in [7, 11) is -4.38. The van der Waals surface area contributed by atoms with Gasteiger partial charge in [0.15, 0.2) is 6.10 Å². The van der Waals surface area contributed by atoms with E-state index in [0.29, 0.717) is 6.42 Å². The number of carbonyl (C=O) groups excluding carboxylic acids is 2. The van der Waals surface area contributed by atoms with Crippen LogP contribution >= 0.6 is 7.82 Å². The van der Waals surface area contributed by atoms with Gasteiger partial charge < -0.3 is 20.1 Å². The Morgan fingerprint density at radius 1 is 0.526 bits per heavy atom. The van der Waals surface area contributed by atoms with Gasteiger partial charge in [0.1, 0.15) is 6.61 Å². The van der Waals surface area contributed by atoms with Crippen LogP contribution < -0.4 is 5.73 Å². The number of phosphoric acid groups is 1. The second-order valence-corrected chi connectivity index (χ2v) is 17.1. The SMILES string of the molecule is CCCCCC=CCC=CCCCCCCCCCC(=O)OC(COC(=O)CCCCCCCCCCCC=CCCCCCCCC)COP(=O)(O)OCCN. The maximum Gasteiger partial charge on any atom is 0.472 e. The largest absolute Gasteiger partial charge is 0.472 e. The van der Waals surface area contributed by atoms with E-state index >= 15 is 0 Å². The van der Waals surface area contributed by atoms with Crippen LogP contribution in [0.5, 0.6) is 0 Å². The number of hydrogen-bond donors (Lipinski definition) is 2. The van der Waals surface area contributed by atoms with Gasteiger partial charge in [-0.15, -0.1) is 0 Å². The third-order valence-corrected chi connectivity index (χ3v) is 11.0. The average Bonchev–Trinajstić information content (AvgIpc) is 3.20. The molecule has 0 aromatic carbocycles. The lowest BCUT2D eigenvalue weighted by Gasteiger charge is -2.19. The van der Waals surface area contributed by atoms with Crippen molar-refractivity contribution in [3.8, 4) is 0 Å². The molecule has 0 amide bonds. The highest BCUT2D eigenvalue weighted by molar-refractivity contribution is 7.47. The molecule has 10 heteroatoms. The van der Waals surface area contributed by atoms with Crippen molar-refractivity contribution in [2.75, 3.05) is 26.4 Å². The summed E-state index contributed by atoms with van der Waals surface area (Å²) in [6, 6.07) is 0. The minimum Gasteiger partial charge on any atom is -0.462 e. The molecular formula is C47H88NO8P. The number of rotatable bonds is 44. The van der Waals surface area contributed by atoms with Gasteiger partial charge in [-0.2, -0.15) is 0 Å². The third-order valence-electron chi connectivity index (χ3n) is 10.00. The van der Waals surface area contributed by atoms with Gasteiger partial charge in [0.2, 0.25) is 0 Å². The van der Waals surface area contributed by atoms with Gasteiger partial charge in [-0.25, -0.2) is 4.57 Å². The van der Waals surface area contributed by atoms with Crippen molar-refractivity contribution in [3.05, 3.63) is 36.5 Å². The summed E-state index contributed by atoms with van der Waals surface area (Å²) < 4.78 is 32.8. The van der Waals surface area contributed by atoms with E-state index in [1.807, 2.05) is 0 Å². The van der Waals surface area contributed by atoms with Gasteiger partial charge in [-0.05, 0) is 70.6 Å². The molecule has 0 bridgehead atoms. The molecule has 334 valence electrons. The molecule has 57 heavy (non-hydrogen) atoms. The van der Waals surface area contributed by atoms with Gasteiger partial charge in [-0.1, -0.05) is 172 Å². The van der Waals surface area contributed by atoms with Crippen LogP contribution in [0.3, 0.4) is 0 Å². The number of nitrogens with two attached hydrogens (primary N) is 1. The van der Waals surface area contributed by atoms with Crippen molar-refractivity contribution >= 4 is 19.8 Å². The molecule has 0 aromatic rings. The molecule has 0 saturated heterocycles. The van der Waals surface area contributed by atoms with E-state index in [-0.39, 0.29) is 38.6 Å². The van der Waals surface area contributed by atoms with Gasteiger partial charge in [0.05, 0.1) is 13.2 Å². The van der Waals surface area contributed by atoms with E-state index in [1.165, 1.54) is 135 Å². The smallest absolute Gasteiger partial charge is 0.462 e. The zero-order chi connectivity index (χ0) is 41.8. The summed E-state index contributed by atoms with van der Waals surface area (Å²) in [5.41, 5.74) is 5.35. The first-order valence-electron chi connectivity index (χ1n) is 23.5. The van der Waals surface area contributed by atoms with Gasteiger partial charge in [-0.3, -0.25) is 18.6 Å².